The topological polar surface area (TPSA) is 86.4 Å². The Morgan fingerprint density at radius 3 is 2.68 bits per heavy atom. The van der Waals surface area contributed by atoms with E-state index in [-0.39, 0.29) is 11.8 Å². The smallest absolute Gasteiger partial charge is 0.375 e. The predicted octanol–water partition coefficient (Wildman–Crippen LogP) is 3.39. The van der Waals surface area contributed by atoms with Gasteiger partial charge in [0.1, 0.15) is 11.4 Å². The predicted molar refractivity (Wildman–Crippen MR) is 92.3 cm³/mol. The molecule has 3 aromatic rings. The number of rotatable bonds is 5. The van der Waals surface area contributed by atoms with E-state index in [0.717, 1.165) is 5.39 Å². The van der Waals surface area contributed by atoms with Crippen LogP contribution < -0.4 is 5.32 Å². The molecule has 2 aromatic heterocycles. The Labute approximate surface area is 144 Å². The third-order valence-corrected chi connectivity index (χ3v) is 3.69. The summed E-state index contributed by atoms with van der Waals surface area (Å²) >= 11 is 0. The SMILES string of the molecule is CC(C)n1nccc1NC(=O)[C@@H](C)OC(=O)c1cc2ccccc2o1. The summed E-state index contributed by atoms with van der Waals surface area (Å²) < 4.78 is 12.3. The molecule has 3 rings (SSSR count). The number of nitrogens with one attached hydrogen (secondary N) is 1. The highest BCUT2D eigenvalue weighted by Gasteiger charge is 2.22. The van der Waals surface area contributed by atoms with Gasteiger partial charge in [0.2, 0.25) is 5.76 Å². The number of para-hydroxylation sites is 1. The number of nitrogens with zero attached hydrogens (tertiary/aromatic N) is 2. The zero-order chi connectivity index (χ0) is 18.0. The highest BCUT2D eigenvalue weighted by atomic mass is 16.6. The molecule has 0 saturated carbocycles. The van der Waals surface area contributed by atoms with Gasteiger partial charge in [-0.2, -0.15) is 5.10 Å². The molecule has 0 unspecified atom stereocenters. The van der Waals surface area contributed by atoms with Crippen LogP contribution in [0.2, 0.25) is 0 Å². The number of amides is 1. The largest absolute Gasteiger partial charge is 0.449 e. The Balaban J connectivity index is 1.66. The molecular formula is C18H19N3O4. The van der Waals surface area contributed by atoms with E-state index in [1.807, 2.05) is 32.0 Å². The first kappa shape index (κ1) is 16.8. The summed E-state index contributed by atoms with van der Waals surface area (Å²) in [6.45, 7) is 5.41. The maximum atomic E-state index is 12.3. The van der Waals surface area contributed by atoms with Crippen LogP contribution in [0.4, 0.5) is 5.82 Å². The molecule has 0 fully saturated rings. The van der Waals surface area contributed by atoms with Crippen LogP contribution in [0, 0.1) is 0 Å². The molecule has 7 heteroatoms. The van der Waals surface area contributed by atoms with E-state index in [4.69, 9.17) is 9.15 Å². The number of anilines is 1. The summed E-state index contributed by atoms with van der Waals surface area (Å²) in [5.41, 5.74) is 0.590. The number of benzene rings is 1. The fourth-order valence-corrected chi connectivity index (χ4v) is 2.41. The van der Waals surface area contributed by atoms with Gasteiger partial charge in [0.05, 0.1) is 6.20 Å². The molecule has 0 spiro atoms. The minimum absolute atomic E-state index is 0.0630. The van der Waals surface area contributed by atoms with Crippen molar-refractivity contribution in [2.24, 2.45) is 0 Å². The summed E-state index contributed by atoms with van der Waals surface area (Å²) in [5.74, 6) is -0.511. The molecule has 0 aliphatic carbocycles. The lowest BCUT2D eigenvalue weighted by Gasteiger charge is -2.15. The van der Waals surface area contributed by atoms with Crippen LogP contribution in [0.25, 0.3) is 11.0 Å². The molecule has 25 heavy (non-hydrogen) atoms. The third kappa shape index (κ3) is 3.55. The van der Waals surface area contributed by atoms with E-state index >= 15 is 0 Å². The van der Waals surface area contributed by atoms with Crippen LogP contribution in [0.5, 0.6) is 0 Å². The summed E-state index contributed by atoms with van der Waals surface area (Å²) in [6.07, 6.45) is 0.622. The minimum Gasteiger partial charge on any atom is -0.449 e. The first-order valence-electron chi connectivity index (χ1n) is 7.99. The van der Waals surface area contributed by atoms with Gasteiger partial charge >= 0.3 is 5.97 Å². The Kier molecular flexibility index (Phi) is 4.56. The maximum absolute atomic E-state index is 12.3. The van der Waals surface area contributed by atoms with Gasteiger partial charge in [-0.1, -0.05) is 18.2 Å². The third-order valence-electron chi connectivity index (χ3n) is 3.69. The molecule has 1 amide bonds. The molecule has 0 radical (unpaired) electrons. The summed E-state index contributed by atoms with van der Waals surface area (Å²) in [6, 6.07) is 10.6. The molecule has 1 N–H and O–H groups in total. The van der Waals surface area contributed by atoms with Gasteiger partial charge in [-0.3, -0.25) is 4.79 Å². The maximum Gasteiger partial charge on any atom is 0.375 e. The number of carbonyl (C=O) groups is 2. The number of ether oxygens (including phenoxy) is 1. The van der Waals surface area contributed by atoms with Crippen LogP contribution >= 0.6 is 0 Å². The Morgan fingerprint density at radius 1 is 1.20 bits per heavy atom. The number of esters is 1. The van der Waals surface area contributed by atoms with Gasteiger partial charge in [-0.25, -0.2) is 9.48 Å². The number of aromatic nitrogens is 2. The zero-order valence-corrected chi connectivity index (χ0v) is 14.2. The van der Waals surface area contributed by atoms with E-state index in [1.54, 1.807) is 29.1 Å². The van der Waals surface area contributed by atoms with Gasteiger partial charge in [-0.05, 0) is 32.9 Å². The Hall–Kier alpha value is -3.09. The Bertz CT molecular complexity index is 877. The molecular weight excluding hydrogens is 322 g/mol. The molecule has 1 atom stereocenters. The lowest BCUT2D eigenvalue weighted by molar-refractivity contribution is -0.123. The minimum atomic E-state index is -0.976. The van der Waals surface area contributed by atoms with E-state index in [0.29, 0.717) is 11.4 Å². The molecule has 0 aliphatic heterocycles. The van der Waals surface area contributed by atoms with Crippen LogP contribution in [-0.2, 0) is 9.53 Å². The quantitative estimate of drug-likeness (QED) is 0.719. The lowest BCUT2D eigenvalue weighted by atomic mass is 10.2. The fourth-order valence-electron chi connectivity index (χ4n) is 2.41. The highest BCUT2D eigenvalue weighted by Crippen LogP contribution is 2.20. The molecule has 7 nitrogen and oxygen atoms in total. The van der Waals surface area contributed by atoms with Crippen molar-refractivity contribution in [1.82, 2.24) is 9.78 Å². The van der Waals surface area contributed by atoms with Crippen molar-refractivity contribution >= 4 is 28.7 Å². The average molecular weight is 341 g/mol. The fraction of sp³-hybridized carbons (Fsp3) is 0.278. The van der Waals surface area contributed by atoms with E-state index in [2.05, 4.69) is 10.4 Å². The molecule has 1 aromatic carbocycles. The first-order valence-corrected chi connectivity index (χ1v) is 7.99. The van der Waals surface area contributed by atoms with Crippen molar-refractivity contribution in [3.05, 3.63) is 48.4 Å². The number of furan rings is 1. The van der Waals surface area contributed by atoms with Crippen molar-refractivity contribution in [1.29, 1.82) is 0 Å². The second-order valence-corrected chi connectivity index (χ2v) is 5.94. The molecule has 130 valence electrons. The van der Waals surface area contributed by atoms with E-state index in [1.165, 1.54) is 6.92 Å². The number of hydrogen-bond acceptors (Lipinski definition) is 5. The standard InChI is InChI=1S/C18H19N3O4/c1-11(2)21-16(8-9-19-21)20-17(22)12(3)24-18(23)15-10-13-6-4-5-7-14(13)25-15/h4-12H,1-3H3,(H,20,22)/t12-/m1/s1. The van der Waals surface area contributed by atoms with Gasteiger partial charge in [0, 0.05) is 17.5 Å². The van der Waals surface area contributed by atoms with Crippen LogP contribution in [-0.4, -0.2) is 27.8 Å². The zero-order valence-electron chi connectivity index (χ0n) is 14.2. The van der Waals surface area contributed by atoms with E-state index < -0.39 is 18.0 Å². The summed E-state index contributed by atoms with van der Waals surface area (Å²) in [4.78, 5) is 24.5. The first-order chi connectivity index (χ1) is 12.0. The second kappa shape index (κ2) is 6.80. The van der Waals surface area contributed by atoms with Crippen LogP contribution in [0.3, 0.4) is 0 Å². The van der Waals surface area contributed by atoms with Crippen molar-refractivity contribution < 1.29 is 18.7 Å². The van der Waals surface area contributed by atoms with Crippen LogP contribution in [0.15, 0.2) is 47.0 Å². The highest BCUT2D eigenvalue weighted by molar-refractivity contribution is 5.97. The molecule has 0 aliphatic rings. The summed E-state index contributed by atoms with van der Waals surface area (Å²) in [7, 11) is 0. The van der Waals surface area contributed by atoms with E-state index in [9.17, 15) is 9.59 Å². The normalized spacial score (nSPS) is 12.3. The number of fused-ring (bicyclic) bond motifs is 1. The van der Waals surface area contributed by atoms with Gasteiger partial charge in [-0.15, -0.1) is 0 Å². The van der Waals surface area contributed by atoms with Crippen molar-refractivity contribution in [2.75, 3.05) is 5.32 Å². The second-order valence-electron chi connectivity index (χ2n) is 5.94. The number of hydrogen-bond donors (Lipinski definition) is 1. The van der Waals surface area contributed by atoms with Gasteiger partial charge in [0.25, 0.3) is 5.91 Å². The molecule has 0 bridgehead atoms. The Morgan fingerprint density at radius 2 is 1.96 bits per heavy atom. The van der Waals surface area contributed by atoms with Crippen molar-refractivity contribution in [3.63, 3.8) is 0 Å². The average Bonchev–Trinajstić information content (AvgIpc) is 3.20. The number of carbonyl (C=O) groups excluding carboxylic acids is 2. The van der Waals surface area contributed by atoms with Crippen LogP contribution in [0.1, 0.15) is 37.4 Å². The monoisotopic (exact) mass is 341 g/mol. The van der Waals surface area contributed by atoms with Gasteiger partial charge in [0.15, 0.2) is 6.10 Å². The molecule has 0 saturated heterocycles. The lowest BCUT2D eigenvalue weighted by Crippen LogP contribution is -2.31. The van der Waals surface area contributed by atoms with Crippen molar-refractivity contribution in [3.8, 4) is 0 Å². The molecule has 2 heterocycles. The summed E-state index contributed by atoms with van der Waals surface area (Å²) in [5, 5.41) is 7.65. The van der Waals surface area contributed by atoms with Crippen molar-refractivity contribution in [2.45, 2.75) is 32.9 Å². The van der Waals surface area contributed by atoms with Gasteiger partial charge < -0.3 is 14.5 Å².